The highest BCUT2D eigenvalue weighted by molar-refractivity contribution is 6.04. The molecule has 1 aliphatic rings. The van der Waals surface area contributed by atoms with Crippen molar-refractivity contribution in [3.05, 3.63) is 30.0 Å². The SMILES string of the molecule is Cn1nc(C(=O)N2CCCO2)c2ccccc21. The number of hydrogen-bond acceptors (Lipinski definition) is 3. The van der Waals surface area contributed by atoms with Crippen LogP contribution in [0.4, 0.5) is 0 Å². The number of fused-ring (bicyclic) bond motifs is 1. The van der Waals surface area contributed by atoms with Crippen molar-refractivity contribution in [2.45, 2.75) is 6.42 Å². The van der Waals surface area contributed by atoms with E-state index < -0.39 is 0 Å². The molecule has 0 unspecified atom stereocenters. The number of benzene rings is 1. The van der Waals surface area contributed by atoms with Gasteiger partial charge in [0.1, 0.15) is 0 Å². The summed E-state index contributed by atoms with van der Waals surface area (Å²) in [6, 6.07) is 7.70. The van der Waals surface area contributed by atoms with Crippen LogP contribution in [0.1, 0.15) is 16.9 Å². The van der Waals surface area contributed by atoms with E-state index >= 15 is 0 Å². The maximum absolute atomic E-state index is 12.2. The van der Waals surface area contributed by atoms with Crippen molar-refractivity contribution in [3.8, 4) is 0 Å². The van der Waals surface area contributed by atoms with Crippen molar-refractivity contribution in [2.24, 2.45) is 7.05 Å². The zero-order valence-corrected chi connectivity index (χ0v) is 9.59. The van der Waals surface area contributed by atoms with Crippen molar-refractivity contribution in [2.75, 3.05) is 13.2 Å². The van der Waals surface area contributed by atoms with E-state index in [2.05, 4.69) is 5.10 Å². The molecule has 1 fully saturated rings. The smallest absolute Gasteiger partial charge is 0.271 e. The highest BCUT2D eigenvalue weighted by atomic mass is 16.7. The average Bonchev–Trinajstić information content (AvgIpc) is 2.97. The molecule has 1 aromatic carbocycles. The third kappa shape index (κ3) is 1.59. The molecule has 3 rings (SSSR count). The zero-order chi connectivity index (χ0) is 11.8. The van der Waals surface area contributed by atoms with Gasteiger partial charge >= 0.3 is 0 Å². The Balaban J connectivity index is 2.08. The number of hydrogen-bond donors (Lipinski definition) is 0. The summed E-state index contributed by atoms with van der Waals surface area (Å²) in [6.07, 6.45) is 0.885. The lowest BCUT2D eigenvalue weighted by atomic mass is 10.2. The third-order valence-corrected chi connectivity index (χ3v) is 2.94. The summed E-state index contributed by atoms with van der Waals surface area (Å²) in [5.74, 6) is -0.153. The Morgan fingerprint density at radius 3 is 3.00 bits per heavy atom. The maximum atomic E-state index is 12.2. The molecule has 88 valence electrons. The van der Waals surface area contributed by atoms with E-state index in [1.165, 1.54) is 5.06 Å². The van der Waals surface area contributed by atoms with Gasteiger partial charge in [-0.25, -0.2) is 5.06 Å². The van der Waals surface area contributed by atoms with Gasteiger partial charge in [0.15, 0.2) is 5.69 Å². The number of carbonyl (C=O) groups excluding carboxylic acids is 1. The second-order valence-corrected chi connectivity index (χ2v) is 4.08. The predicted molar refractivity (Wildman–Crippen MR) is 62.3 cm³/mol. The Kier molecular flexibility index (Phi) is 2.33. The van der Waals surface area contributed by atoms with Crippen molar-refractivity contribution >= 4 is 16.8 Å². The molecular formula is C12H13N3O2. The van der Waals surface area contributed by atoms with E-state index in [1.807, 2.05) is 31.3 Å². The van der Waals surface area contributed by atoms with Crippen LogP contribution in [0.5, 0.6) is 0 Å². The molecule has 1 amide bonds. The molecule has 2 heterocycles. The molecule has 2 aromatic rings. The molecule has 5 heteroatoms. The fraction of sp³-hybridized carbons (Fsp3) is 0.333. The molecular weight excluding hydrogens is 218 g/mol. The molecule has 1 aliphatic heterocycles. The second kappa shape index (κ2) is 3.85. The first kappa shape index (κ1) is 10.3. The van der Waals surface area contributed by atoms with E-state index in [4.69, 9.17) is 4.84 Å². The maximum Gasteiger partial charge on any atom is 0.298 e. The molecule has 1 saturated heterocycles. The molecule has 17 heavy (non-hydrogen) atoms. The molecule has 0 aliphatic carbocycles. The number of para-hydroxylation sites is 1. The number of aromatic nitrogens is 2. The summed E-state index contributed by atoms with van der Waals surface area (Å²) in [4.78, 5) is 17.5. The summed E-state index contributed by atoms with van der Waals surface area (Å²) in [6.45, 7) is 1.25. The van der Waals surface area contributed by atoms with Gasteiger partial charge in [0, 0.05) is 12.4 Å². The highest BCUT2D eigenvalue weighted by Gasteiger charge is 2.25. The highest BCUT2D eigenvalue weighted by Crippen LogP contribution is 2.20. The first-order chi connectivity index (χ1) is 8.27. The van der Waals surface area contributed by atoms with Crippen LogP contribution in [-0.2, 0) is 11.9 Å². The van der Waals surface area contributed by atoms with Crippen LogP contribution in [-0.4, -0.2) is 33.9 Å². The second-order valence-electron chi connectivity index (χ2n) is 4.08. The van der Waals surface area contributed by atoms with Gasteiger partial charge < -0.3 is 0 Å². The molecule has 0 spiro atoms. The van der Waals surface area contributed by atoms with Crippen LogP contribution < -0.4 is 0 Å². The molecule has 5 nitrogen and oxygen atoms in total. The first-order valence-corrected chi connectivity index (χ1v) is 5.64. The van der Waals surface area contributed by atoms with Gasteiger partial charge in [0.2, 0.25) is 0 Å². The van der Waals surface area contributed by atoms with E-state index in [0.29, 0.717) is 18.8 Å². The van der Waals surface area contributed by atoms with Crippen LogP contribution in [0.2, 0.25) is 0 Å². The fourth-order valence-corrected chi connectivity index (χ4v) is 2.10. The van der Waals surface area contributed by atoms with Crippen molar-refractivity contribution in [1.29, 1.82) is 0 Å². The van der Waals surface area contributed by atoms with Gasteiger partial charge in [0.25, 0.3) is 5.91 Å². The summed E-state index contributed by atoms with van der Waals surface area (Å²) >= 11 is 0. The Hall–Kier alpha value is -1.88. The number of rotatable bonds is 1. The van der Waals surface area contributed by atoms with Gasteiger partial charge in [-0.15, -0.1) is 0 Å². The predicted octanol–water partition coefficient (Wildman–Crippen LogP) is 1.35. The van der Waals surface area contributed by atoms with Gasteiger partial charge in [0.05, 0.1) is 18.7 Å². The van der Waals surface area contributed by atoms with Crippen LogP contribution in [0, 0.1) is 0 Å². The Labute approximate surface area is 98.5 Å². The van der Waals surface area contributed by atoms with Gasteiger partial charge in [-0.05, 0) is 12.5 Å². The normalized spacial score (nSPS) is 15.7. The molecule has 0 atom stereocenters. The number of carbonyl (C=O) groups is 1. The van der Waals surface area contributed by atoms with Crippen molar-refractivity contribution in [3.63, 3.8) is 0 Å². The van der Waals surface area contributed by atoms with E-state index in [9.17, 15) is 4.79 Å². The standard InChI is InChI=1S/C12H13N3O2/c1-14-10-6-3-2-5-9(10)11(13-14)12(16)15-7-4-8-17-15/h2-3,5-6H,4,7-8H2,1H3. The topological polar surface area (TPSA) is 47.4 Å². The zero-order valence-electron chi connectivity index (χ0n) is 9.59. The summed E-state index contributed by atoms with van der Waals surface area (Å²) in [7, 11) is 1.84. The van der Waals surface area contributed by atoms with Crippen LogP contribution in [0.15, 0.2) is 24.3 Å². The van der Waals surface area contributed by atoms with Gasteiger partial charge in [-0.3, -0.25) is 14.3 Å². The molecule has 0 saturated carbocycles. The molecule has 1 aromatic heterocycles. The largest absolute Gasteiger partial charge is 0.298 e. The summed E-state index contributed by atoms with van der Waals surface area (Å²) < 4.78 is 1.72. The van der Waals surface area contributed by atoms with Crippen LogP contribution >= 0.6 is 0 Å². The summed E-state index contributed by atoms with van der Waals surface area (Å²) in [5, 5.41) is 6.55. The molecule has 0 bridgehead atoms. The fourth-order valence-electron chi connectivity index (χ4n) is 2.10. The summed E-state index contributed by atoms with van der Waals surface area (Å²) in [5.41, 5.74) is 1.42. The third-order valence-electron chi connectivity index (χ3n) is 2.94. The lowest BCUT2D eigenvalue weighted by Gasteiger charge is -2.11. The number of hydroxylamine groups is 2. The minimum atomic E-state index is -0.153. The van der Waals surface area contributed by atoms with Gasteiger partial charge in [-0.2, -0.15) is 5.10 Å². The van der Waals surface area contributed by atoms with Crippen molar-refractivity contribution in [1.82, 2.24) is 14.8 Å². The first-order valence-electron chi connectivity index (χ1n) is 5.64. The van der Waals surface area contributed by atoms with Crippen molar-refractivity contribution < 1.29 is 9.63 Å². The Morgan fingerprint density at radius 2 is 2.24 bits per heavy atom. The van der Waals surface area contributed by atoms with Gasteiger partial charge in [-0.1, -0.05) is 18.2 Å². The van der Waals surface area contributed by atoms with E-state index in [-0.39, 0.29) is 5.91 Å². The molecule has 0 radical (unpaired) electrons. The lowest BCUT2D eigenvalue weighted by Crippen LogP contribution is -2.27. The number of nitrogens with zero attached hydrogens (tertiary/aromatic N) is 3. The minimum absolute atomic E-state index is 0.153. The molecule has 0 N–H and O–H groups in total. The van der Waals surface area contributed by atoms with E-state index in [0.717, 1.165) is 17.3 Å². The number of aryl methyl sites for hydroxylation is 1. The minimum Gasteiger partial charge on any atom is -0.271 e. The quantitative estimate of drug-likeness (QED) is 0.744. The van der Waals surface area contributed by atoms with Crippen LogP contribution in [0.25, 0.3) is 10.9 Å². The monoisotopic (exact) mass is 231 g/mol. The van der Waals surface area contributed by atoms with E-state index in [1.54, 1.807) is 4.68 Å². The average molecular weight is 231 g/mol. The Bertz CT molecular complexity index is 570. The lowest BCUT2D eigenvalue weighted by molar-refractivity contribution is -0.0771. The van der Waals surface area contributed by atoms with Crippen LogP contribution in [0.3, 0.4) is 0 Å². The Morgan fingerprint density at radius 1 is 1.41 bits per heavy atom. The number of amides is 1.